The van der Waals surface area contributed by atoms with Gasteiger partial charge in [-0.1, -0.05) is 11.6 Å². The highest BCUT2D eigenvalue weighted by Crippen LogP contribution is 2.26. The number of benzene rings is 1. The quantitative estimate of drug-likeness (QED) is 0.778. The minimum Gasteiger partial charge on any atom is -0.465 e. The molecule has 0 bridgehead atoms. The highest BCUT2D eigenvalue weighted by molar-refractivity contribution is 6.30. The molecular formula is C14H17ClN2O2. The van der Waals surface area contributed by atoms with Crippen LogP contribution >= 0.6 is 11.6 Å². The molecule has 4 nitrogen and oxygen atoms in total. The maximum absolute atomic E-state index is 11.6. The standard InChI is InChI=1S/C14H17ClN2O2/c1-4-19-14(18)9-17(10(2)3)13-7-12(15)6-5-11(13)8-16/h5-7,10H,4,9H2,1-3H3. The van der Waals surface area contributed by atoms with E-state index in [0.29, 0.717) is 22.9 Å². The summed E-state index contributed by atoms with van der Waals surface area (Å²) < 4.78 is 4.95. The molecule has 0 aliphatic carbocycles. The molecule has 0 saturated carbocycles. The number of nitriles is 1. The van der Waals surface area contributed by atoms with Crippen molar-refractivity contribution in [1.82, 2.24) is 0 Å². The van der Waals surface area contributed by atoms with Crippen molar-refractivity contribution < 1.29 is 9.53 Å². The molecule has 0 radical (unpaired) electrons. The SMILES string of the molecule is CCOC(=O)CN(c1cc(Cl)ccc1C#N)C(C)C. The van der Waals surface area contributed by atoms with Gasteiger partial charge in [-0.25, -0.2) is 0 Å². The third kappa shape index (κ3) is 4.15. The molecule has 0 aliphatic heterocycles. The summed E-state index contributed by atoms with van der Waals surface area (Å²) >= 11 is 5.97. The molecule has 0 aromatic heterocycles. The third-order valence-corrected chi connectivity index (χ3v) is 2.85. The second kappa shape index (κ2) is 7.01. The summed E-state index contributed by atoms with van der Waals surface area (Å²) in [5, 5.41) is 9.67. The number of anilines is 1. The van der Waals surface area contributed by atoms with E-state index in [2.05, 4.69) is 6.07 Å². The molecule has 0 spiro atoms. The lowest BCUT2D eigenvalue weighted by molar-refractivity contribution is -0.141. The molecule has 0 saturated heterocycles. The van der Waals surface area contributed by atoms with Crippen LogP contribution in [0.25, 0.3) is 0 Å². The van der Waals surface area contributed by atoms with Gasteiger partial charge in [0.05, 0.1) is 17.9 Å². The Balaban J connectivity index is 3.09. The number of rotatable bonds is 5. The van der Waals surface area contributed by atoms with Gasteiger partial charge in [0.2, 0.25) is 0 Å². The van der Waals surface area contributed by atoms with Gasteiger partial charge in [0.1, 0.15) is 12.6 Å². The van der Waals surface area contributed by atoms with Crippen molar-refractivity contribution in [1.29, 1.82) is 5.26 Å². The predicted octanol–water partition coefficient (Wildman–Crippen LogP) is 2.99. The lowest BCUT2D eigenvalue weighted by Gasteiger charge is -2.28. The summed E-state index contributed by atoms with van der Waals surface area (Å²) in [4.78, 5) is 13.4. The lowest BCUT2D eigenvalue weighted by atomic mass is 10.1. The molecule has 0 fully saturated rings. The highest BCUT2D eigenvalue weighted by atomic mass is 35.5. The van der Waals surface area contributed by atoms with Gasteiger partial charge in [0.25, 0.3) is 0 Å². The van der Waals surface area contributed by atoms with Crippen molar-refractivity contribution in [2.45, 2.75) is 26.8 Å². The molecule has 102 valence electrons. The average Bonchev–Trinajstić information content (AvgIpc) is 2.36. The molecule has 0 unspecified atom stereocenters. The Hall–Kier alpha value is -1.73. The maximum Gasteiger partial charge on any atom is 0.325 e. The Labute approximate surface area is 118 Å². The van der Waals surface area contributed by atoms with E-state index in [0.717, 1.165) is 0 Å². The number of ether oxygens (including phenoxy) is 1. The van der Waals surface area contributed by atoms with Crippen LogP contribution in [0.1, 0.15) is 26.3 Å². The van der Waals surface area contributed by atoms with Crippen molar-refractivity contribution in [3.63, 3.8) is 0 Å². The van der Waals surface area contributed by atoms with Crippen molar-refractivity contribution in [3.05, 3.63) is 28.8 Å². The number of halogens is 1. The largest absolute Gasteiger partial charge is 0.465 e. The van der Waals surface area contributed by atoms with Crippen molar-refractivity contribution in [3.8, 4) is 6.07 Å². The van der Waals surface area contributed by atoms with E-state index >= 15 is 0 Å². The number of carbonyl (C=O) groups is 1. The van der Waals surface area contributed by atoms with Crippen molar-refractivity contribution >= 4 is 23.3 Å². The summed E-state index contributed by atoms with van der Waals surface area (Å²) in [7, 11) is 0. The molecule has 0 aliphatic rings. The van der Waals surface area contributed by atoms with Gasteiger partial charge in [-0.05, 0) is 39.0 Å². The second-order valence-electron chi connectivity index (χ2n) is 4.30. The molecular weight excluding hydrogens is 264 g/mol. The van der Waals surface area contributed by atoms with Gasteiger partial charge in [0.15, 0.2) is 0 Å². The average molecular weight is 281 g/mol. The first-order chi connectivity index (χ1) is 8.99. The van der Waals surface area contributed by atoms with E-state index in [4.69, 9.17) is 21.6 Å². The van der Waals surface area contributed by atoms with Crippen molar-refractivity contribution in [2.24, 2.45) is 0 Å². The highest BCUT2D eigenvalue weighted by Gasteiger charge is 2.18. The first-order valence-electron chi connectivity index (χ1n) is 6.11. The normalized spacial score (nSPS) is 10.1. The fraction of sp³-hybridized carbons (Fsp3) is 0.429. The van der Waals surface area contributed by atoms with Crippen LogP contribution in [0.4, 0.5) is 5.69 Å². The van der Waals surface area contributed by atoms with E-state index in [1.54, 1.807) is 25.1 Å². The van der Waals surface area contributed by atoms with Gasteiger partial charge in [0, 0.05) is 11.1 Å². The Morgan fingerprint density at radius 1 is 1.53 bits per heavy atom. The molecule has 5 heteroatoms. The molecule has 0 amide bonds. The fourth-order valence-corrected chi connectivity index (χ4v) is 1.89. The zero-order chi connectivity index (χ0) is 14.4. The van der Waals surface area contributed by atoms with Gasteiger partial charge in [-0.15, -0.1) is 0 Å². The molecule has 1 rings (SSSR count). The Kier molecular flexibility index (Phi) is 5.65. The van der Waals surface area contributed by atoms with Crippen LogP contribution in [0.2, 0.25) is 5.02 Å². The van der Waals surface area contributed by atoms with Crippen LogP contribution in [-0.2, 0) is 9.53 Å². The molecule has 1 aromatic rings. The first kappa shape index (κ1) is 15.3. The number of nitrogens with zero attached hydrogens (tertiary/aromatic N) is 2. The van der Waals surface area contributed by atoms with E-state index in [1.807, 2.05) is 18.7 Å². The van der Waals surface area contributed by atoms with Crippen LogP contribution in [0.5, 0.6) is 0 Å². The fourth-order valence-electron chi connectivity index (χ4n) is 1.73. The number of esters is 1. The van der Waals surface area contributed by atoms with E-state index < -0.39 is 0 Å². The predicted molar refractivity (Wildman–Crippen MR) is 75.3 cm³/mol. The van der Waals surface area contributed by atoms with Crippen LogP contribution in [0, 0.1) is 11.3 Å². The van der Waals surface area contributed by atoms with Crippen LogP contribution in [0.3, 0.4) is 0 Å². The molecule has 1 aromatic carbocycles. The van der Waals surface area contributed by atoms with Crippen LogP contribution in [0.15, 0.2) is 18.2 Å². The third-order valence-electron chi connectivity index (χ3n) is 2.62. The van der Waals surface area contributed by atoms with Gasteiger partial charge < -0.3 is 9.64 Å². The minimum atomic E-state index is -0.319. The lowest BCUT2D eigenvalue weighted by Crippen LogP contribution is -2.37. The monoisotopic (exact) mass is 280 g/mol. The van der Waals surface area contributed by atoms with Crippen LogP contribution in [-0.4, -0.2) is 25.2 Å². The topological polar surface area (TPSA) is 53.3 Å². The zero-order valence-corrected chi connectivity index (χ0v) is 12.1. The van der Waals surface area contributed by atoms with Gasteiger partial charge in [-0.3, -0.25) is 4.79 Å². The maximum atomic E-state index is 11.6. The summed E-state index contributed by atoms with van der Waals surface area (Å²) in [6.45, 7) is 6.09. The van der Waals surface area contributed by atoms with Gasteiger partial charge in [-0.2, -0.15) is 5.26 Å². The summed E-state index contributed by atoms with van der Waals surface area (Å²) in [6, 6.07) is 7.17. The number of hydrogen-bond acceptors (Lipinski definition) is 4. The molecule has 0 atom stereocenters. The summed E-state index contributed by atoms with van der Waals surface area (Å²) in [6.07, 6.45) is 0. The zero-order valence-electron chi connectivity index (χ0n) is 11.3. The van der Waals surface area contributed by atoms with E-state index in [-0.39, 0.29) is 18.6 Å². The van der Waals surface area contributed by atoms with Crippen molar-refractivity contribution in [2.75, 3.05) is 18.1 Å². The van der Waals surface area contributed by atoms with E-state index in [1.165, 1.54) is 0 Å². The Morgan fingerprint density at radius 3 is 2.74 bits per heavy atom. The summed E-state index contributed by atoms with van der Waals surface area (Å²) in [5.74, 6) is -0.319. The van der Waals surface area contributed by atoms with E-state index in [9.17, 15) is 4.79 Å². The Bertz CT molecular complexity index is 495. The summed E-state index contributed by atoms with van der Waals surface area (Å²) in [5.41, 5.74) is 1.14. The van der Waals surface area contributed by atoms with Crippen LogP contribution < -0.4 is 4.90 Å². The second-order valence-corrected chi connectivity index (χ2v) is 4.74. The molecule has 0 N–H and O–H groups in total. The number of hydrogen-bond donors (Lipinski definition) is 0. The molecule has 0 heterocycles. The molecule has 19 heavy (non-hydrogen) atoms. The minimum absolute atomic E-state index is 0.0509. The smallest absolute Gasteiger partial charge is 0.325 e. The number of carbonyl (C=O) groups excluding carboxylic acids is 1. The first-order valence-corrected chi connectivity index (χ1v) is 6.49. The van der Waals surface area contributed by atoms with Gasteiger partial charge >= 0.3 is 5.97 Å². The Morgan fingerprint density at radius 2 is 2.21 bits per heavy atom.